The van der Waals surface area contributed by atoms with Crippen molar-refractivity contribution in [1.82, 2.24) is 4.57 Å². The van der Waals surface area contributed by atoms with Crippen molar-refractivity contribution in [3.05, 3.63) is 57.5 Å². The van der Waals surface area contributed by atoms with E-state index in [1.165, 1.54) is 16.7 Å². The van der Waals surface area contributed by atoms with Crippen molar-refractivity contribution >= 4 is 28.9 Å². The summed E-state index contributed by atoms with van der Waals surface area (Å²) in [5, 5.41) is 2.98. The molecule has 0 bridgehead atoms. The van der Waals surface area contributed by atoms with Crippen molar-refractivity contribution in [3.8, 4) is 0 Å². The minimum atomic E-state index is -0.351. The highest BCUT2D eigenvalue weighted by atomic mass is 35.5. The van der Waals surface area contributed by atoms with Crippen molar-refractivity contribution in [2.45, 2.75) is 13.5 Å². The lowest BCUT2D eigenvalue weighted by atomic mass is 10.2. The van der Waals surface area contributed by atoms with Gasteiger partial charge in [0, 0.05) is 24.5 Å². The third kappa shape index (κ3) is 3.00. The summed E-state index contributed by atoms with van der Waals surface area (Å²) in [6, 6.07) is 7.64. The van der Waals surface area contributed by atoms with Crippen LogP contribution in [0.5, 0.6) is 0 Å². The van der Waals surface area contributed by atoms with Gasteiger partial charge >= 0.3 is 0 Å². The third-order valence-electron chi connectivity index (χ3n) is 2.82. The minimum absolute atomic E-state index is 0.115. The van der Waals surface area contributed by atoms with E-state index in [4.69, 9.17) is 17.3 Å². The molecule has 0 saturated heterocycles. The number of hydrogen-bond donors (Lipinski definition) is 2. The fourth-order valence-electron chi connectivity index (χ4n) is 1.77. The second-order valence-electron chi connectivity index (χ2n) is 4.24. The number of hydrogen-bond acceptors (Lipinski definition) is 3. The van der Waals surface area contributed by atoms with Crippen LogP contribution >= 0.6 is 11.6 Å². The van der Waals surface area contributed by atoms with E-state index >= 15 is 0 Å². The van der Waals surface area contributed by atoms with Gasteiger partial charge in [0.15, 0.2) is 0 Å². The van der Waals surface area contributed by atoms with Crippen molar-refractivity contribution in [1.29, 1.82) is 0 Å². The maximum absolute atomic E-state index is 12.1. The molecule has 0 unspecified atom stereocenters. The van der Waals surface area contributed by atoms with Gasteiger partial charge < -0.3 is 15.6 Å². The first-order chi connectivity index (χ1) is 9.51. The molecule has 1 aromatic heterocycles. The van der Waals surface area contributed by atoms with Crippen molar-refractivity contribution in [2.75, 3.05) is 11.1 Å². The number of nitrogens with one attached hydrogen (secondary N) is 1. The SMILES string of the molecule is CCn1cc(NC(=O)c2ccc(N)cc2Cl)ccc1=O. The Labute approximate surface area is 121 Å². The average molecular weight is 292 g/mol. The van der Waals surface area contributed by atoms with Crippen molar-refractivity contribution in [3.63, 3.8) is 0 Å². The highest BCUT2D eigenvalue weighted by molar-refractivity contribution is 6.34. The van der Waals surface area contributed by atoms with Crippen LogP contribution in [0.15, 0.2) is 41.3 Å². The van der Waals surface area contributed by atoms with E-state index < -0.39 is 0 Å². The normalized spacial score (nSPS) is 10.3. The Bertz CT molecular complexity index is 710. The highest BCUT2D eigenvalue weighted by Crippen LogP contribution is 2.20. The van der Waals surface area contributed by atoms with Gasteiger partial charge in [0.2, 0.25) is 0 Å². The van der Waals surface area contributed by atoms with Gasteiger partial charge in [-0.15, -0.1) is 0 Å². The van der Waals surface area contributed by atoms with Crippen LogP contribution < -0.4 is 16.6 Å². The van der Waals surface area contributed by atoms with E-state index in [-0.39, 0.29) is 16.5 Å². The molecule has 0 spiro atoms. The number of aryl methyl sites for hydroxylation is 1. The zero-order valence-electron chi connectivity index (χ0n) is 10.9. The second-order valence-corrected chi connectivity index (χ2v) is 4.64. The molecule has 1 heterocycles. The van der Waals surface area contributed by atoms with E-state index in [0.717, 1.165) is 0 Å². The number of nitrogen functional groups attached to an aromatic ring is 1. The molecule has 0 aliphatic heterocycles. The van der Waals surface area contributed by atoms with Gasteiger partial charge in [-0.25, -0.2) is 0 Å². The first kappa shape index (κ1) is 14.1. The molecule has 0 aliphatic carbocycles. The van der Waals surface area contributed by atoms with Gasteiger partial charge in [0.25, 0.3) is 11.5 Å². The van der Waals surface area contributed by atoms with Gasteiger partial charge in [0.05, 0.1) is 16.3 Å². The predicted octanol–water partition coefficient (Wildman–Crippen LogP) is 2.36. The summed E-state index contributed by atoms with van der Waals surface area (Å²) in [5.74, 6) is -0.351. The number of carbonyl (C=O) groups excluding carboxylic acids is 1. The number of aromatic nitrogens is 1. The highest BCUT2D eigenvalue weighted by Gasteiger charge is 2.11. The molecule has 0 fully saturated rings. The van der Waals surface area contributed by atoms with Gasteiger partial charge in [-0.3, -0.25) is 9.59 Å². The van der Waals surface area contributed by atoms with Crippen LogP contribution in [0, 0.1) is 0 Å². The summed E-state index contributed by atoms with van der Waals surface area (Å²) in [7, 11) is 0. The van der Waals surface area contributed by atoms with Crippen LogP contribution in [0.3, 0.4) is 0 Å². The first-order valence-electron chi connectivity index (χ1n) is 6.08. The smallest absolute Gasteiger partial charge is 0.257 e. The fraction of sp³-hybridized carbons (Fsp3) is 0.143. The molecule has 6 heteroatoms. The van der Waals surface area contributed by atoms with Gasteiger partial charge in [-0.05, 0) is 31.2 Å². The second kappa shape index (κ2) is 5.79. The summed E-state index contributed by atoms with van der Waals surface area (Å²) in [4.78, 5) is 23.6. The molecule has 104 valence electrons. The van der Waals surface area contributed by atoms with Crippen LogP contribution in [0.2, 0.25) is 5.02 Å². The standard InChI is InChI=1S/C14H14ClN3O2/c1-2-18-8-10(4-6-13(18)19)17-14(20)11-5-3-9(16)7-12(11)15/h3-8H,2,16H2,1H3,(H,17,20). The van der Waals surface area contributed by atoms with E-state index in [1.807, 2.05) is 6.92 Å². The third-order valence-corrected chi connectivity index (χ3v) is 3.13. The molecule has 2 aromatic rings. The summed E-state index contributed by atoms with van der Waals surface area (Å²) >= 11 is 5.98. The lowest BCUT2D eigenvalue weighted by Crippen LogP contribution is -2.20. The molecule has 1 amide bonds. The number of amides is 1. The quantitative estimate of drug-likeness (QED) is 0.852. The Kier molecular flexibility index (Phi) is 4.10. The van der Waals surface area contributed by atoms with Crippen molar-refractivity contribution < 1.29 is 4.79 Å². The van der Waals surface area contributed by atoms with Gasteiger partial charge in [-0.2, -0.15) is 0 Å². The number of halogens is 1. The Morgan fingerprint density at radius 1 is 1.35 bits per heavy atom. The lowest BCUT2D eigenvalue weighted by Gasteiger charge is -2.09. The van der Waals surface area contributed by atoms with Crippen LogP contribution in [0.1, 0.15) is 17.3 Å². The molecule has 0 radical (unpaired) electrons. The minimum Gasteiger partial charge on any atom is -0.399 e. The lowest BCUT2D eigenvalue weighted by molar-refractivity contribution is 0.102. The van der Waals surface area contributed by atoms with E-state index in [9.17, 15) is 9.59 Å². The number of benzene rings is 1. The molecule has 0 atom stereocenters. The zero-order valence-corrected chi connectivity index (χ0v) is 11.6. The van der Waals surface area contributed by atoms with Crippen LogP contribution in [-0.2, 0) is 6.54 Å². The first-order valence-corrected chi connectivity index (χ1v) is 6.46. The van der Waals surface area contributed by atoms with Gasteiger partial charge in [0.1, 0.15) is 0 Å². The molecule has 0 saturated carbocycles. The van der Waals surface area contributed by atoms with E-state index in [1.54, 1.807) is 24.4 Å². The molecule has 5 nitrogen and oxygen atoms in total. The molecule has 1 aromatic carbocycles. The van der Waals surface area contributed by atoms with Crippen molar-refractivity contribution in [2.24, 2.45) is 0 Å². The van der Waals surface area contributed by atoms with Crippen LogP contribution in [-0.4, -0.2) is 10.5 Å². The molecule has 0 aliphatic rings. The number of nitrogens with zero attached hydrogens (tertiary/aromatic N) is 1. The number of nitrogens with two attached hydrogens (primary N) is 1. The molecule has 20 heavy (non-hydrogen) atoms. The molecular weight excluding hydrogens is 278 g/mol. The summed E-state index contributed by atoms with van der Waals surface area (Å²) in [5.41, 5.74) is 6.82. The van der Waals surface area contributed by atoms with Crippen LogP contribution in [0.25, 0.3) is 0 Å². The molecule has 3 N–H and O–H groups in total. The topological polar surface area (TPSA) is 77.1 Å². The summed E-state index contributed by atoms with van der Waals surface area (Å²) < 4.78 is 1.50. The number of rotatable bonds is 3. The largest absolute Gasteiger partial charge is 0.399 e. The molecular formula is C14H14ClN3O2. The number of anilines is 2. The van der Waals surface area contributed by atoms with Gasteiger partial charge in [-0.1, -0.05) is 11.6 Å². The maximum atomic E-state index is 12.1. The predicted molar refractivity (Wildman–Crippen MR) is 80.2 cm³/mol. The number of carbonyl (C=O) groups is 1. The number of pyridine rings is 1. The maximum Gasteiger partial charge on any atom is 0.257 e. The Hall–Kier alpha value is -2.27. The van der Waals surface area contributed by atoms with Crippen LogP contribution in [0.4, 0.5) is 11.4 Å². The molecule has 2 rings (SSSR count). The average Bonchev–Trinajstić information content (AvgIpc) is 2.40. The Morgan fingerprint density at radius 3 is 2.75 bits per heavy atom. The van der Waals surface area contributed by atoms with E-state index in [2.05, 4.69) is 5.32 Å². The Morgan fingerprint density at radius 2 is 2.10 bits per heavy atom. The monoisotopic (exact) mass is 291 g/mol. The van der Waals surface area contributed by atoms with E-state index in [0.29, 0.717) is 23.5 Å². The zero-order chi connectivity index (χ0) is 14.7. The summed E-state index contributed by atoms with van der Waals surface area (Å²) in [6.45, 7) is 2.38. The summed E-state index contributed by atoms with van der Waals surface area (Å²) in [6.07, 6.45) is 1.59. The Balaban J connectivity index is 2.25. The fourth-order valence-corrected chi connectivity index (χ4v) is 2.04.